The molecule has 3 aromatic heterocycles. The van der Waals surface area contributed by atoms with Gasteiger partial charge in [-0.3, -0.25) is 0 Å². The van der Waals surface area contributed by atoms with Gasteiger partial charge in [0.25, 0.3) is 0 Å². The Hall–Kier alpha value is -4.33. The zero-order valence-corrected chi connectivity index (χ0v) is 16.6. The van der Waals surface area contributed by atoms with Gasteiger partial charge in [-0.25, -0.2) is 0 Å². The number of fused-ring (bicyclic) bond motifs is 3. The van der Waals surface area contributed by atoms with Crippen LogP contribution in [-0.4, -0.2) is 30.1 Å². The van der Waals surface area contributed by atoms with Crippen LogP contribution < -0.4 is 5.73 Å². The predicted octanol–water partition coefficient (Wildman–Crippen LogP) is 3.98. The first-order valence-corrected chi connectivity index (χ1v) is 9.87. The second-order valence-corrected chi connectivity index (χ2v) is 7.48. The van der Waals surface area contributed by atoms with E-state index in [0.29, 0.717) is 18.1 Å². The summed E-state index contributed by atoms with van der Waals surface area (Å²) in [6.07, 6.45) is 0. The fourth-order valence-corrected chi connectivity index (χ4v) is 4.01. The molecule has 5 aromatic rings. The van der Waals surface area contributed by atoms with Crippen LogP contribution in [0.4, 0.5) is 5.82 Å². The van der Waals surface area contributed by atoms with E-state index in [-0.39, 0.29) is 0 Å². The van der Waals surface area contributed by atoms with E-state index in [9.17, 15) is 0 Å². The first kappa shape index (κ1) is 17.5. The largest absolute Gasteiger partial charge is 0.382 e. The smallest absolute Gasteiger partial charge is 0.170 e. The molecule has 0 bridgehead atoms. The molecule has 8 heteroatoms. The van der Waals surface area contributed by atoms with E-state index in [1.807, 2.05) is 49.4 Å². The van der Waals surface area contributed by atoms with Crippen molar-refractivity contribution in [3.05, 3.63) is 72.0 Å². The Morgan fingerprint density at radius 3 is 2.52 bits per heavy atom. The number of nitrogens with two attached hydrogens (primary N) is 1. The molecule has 2 N–H and O–H groups in total. The van der Waals surface area contributed by atoms with Crippen LogP contribution in [0.1, 0.15) is 11.3 Å². The molecule has 0 saturated carbocycles. The molecule has 0 unspecified atom stereocenters. The average Bonchev–Trinajstić information content (AvgIpc) is 3.48. The molecule has 150 valence electrons. The molecule has 0 fully saturated rings. The van der Waals surface area contributed by atoms with Gasteiger partial charge in [-0.1, -0.05) is 47.6 Å². The maximum absolute atomic E-state index is 5.67. The van der Waals surface area contributed by atoms with E-state index in [1.165, 1.54) is 5.56 Å². The number of rotatable bonds is 3. The average molecular weight is 407 g/mol. The lowest BCUT2D eigenvalue weighted by Gasteiger charge is -2.04. The fourth-order valence-electron chi connectivity index (χ4n) is 4.01. The third kappa shape index (κ3) is 2.72. The molecule has 0 radical (unpaired) electrons. The minimum Gasteiger partial charge on any atom is -0.382 e. The molecule has 4 heterocycles. The van der Waals surface area contributed by atoms with Gasteiger partial charge in [-0.05, 0) is 30.7 Å². The summed E-state index contributed by atoms with van der Waals surface area (Å²) >= 11 is 0. The van der Waals surface area contributed by atoms with Gasteiger partial charge in [0, 0.05) is 16.7 Å². The molecule has 0 aliphatic carbocycles. The number of aryl methyl sites for hydroxylation is 1. The third-order valence-electron chi connectivity index (χ3n) is 5.54. The molecule has 1 aliphatic heterocycles. The molecular weight excluding hydrogens is 390 g/mol. The molecule has 8 nitrogen and oxygen atoms in total. The van der Waals surface area contributed by atoms with E-state index in [2.05, 4.69) is 42.3 Å². The second-order valence-electron chi connectivity index (χ2n) is 7.48. The molecule has 31 heavy (non-hydrogen) atoms. The molecule has 2 aromatic carbocycles. The molecule has 1 aliphatic rings. The highest BCUT2D eigenvalue weighted by Crippen LogP contribution is 2.39. The van der Waals surface area contributed by atoms with Crippen molar-refractivity contribution in [2.75, 3.05) is 5.73 Å². The van der Waals surface area contributed by atoms with Crippen molar-refractivity contribution in [3.63, 3.8) is 0 Å². The molecule has 6 rings (SSSR count). The Morgan fingerprint density at radius 2 is 1.71 bits per heavy atom. The van der Waals surface area contributed by atoms with Crippen LogP contribution in [0.15, 0.2) is 65.2 Å². The van der Waals surface area contributed by atoms with Gasteiger partial charge in [0.05, 0.1) is 17.8 Å². The Bertz CT molecular complexity index is 1420. The standard InChI is InChI=1S/C23H17N7O/c1-13-20(21(29-31-13)14-5-3-2-4-6-14)23-28-27-22-17-11-15(7-8-16(17)12-30(22)23)18-9-10-19(24)26-25-18/h2-11H,12H2,1H3,(H2,24,26). The van der Waals surface area contributed by atoms with Crippen molar-refractivity contribution < 1.29 is 4.52 Å². The van der Waals surface area contributed by atoms with Gasteiger partial charge >= 0.3 is 0 Å². The van der Waals surface area contributed by atoms with Gasteiger partial charge < -0.3 is 14.8 Å². The lowest BCUT2D eigenvalue weighted by atomic mass is 10.0. The summed E-state index contributed by atoms with van der Waals surface area (Å²) < 4.78 is 7.65. The number of nitrogens with zero attached hydrogens (tertiary/aromatic N) is 6. The number of aromatic nitrogens is 6. The van der Waals surface area contributed by atoms with Crippen LogP contribution in [0.5, 0.6) is 0 Å². The minimum absolute atomic E-state index is 0.396. The zero-order chi connectivity index (χ0) is 20.9. The van der Waals surface area contributed by atoms with Gasteiger partial charge in [0.2, 0.25) is 0 Å². The highest BCUT2D eigenvalue weighted by atomic mass is 16.5. The first-order valence-electron chi connectivity index (χ1n) is 9.87. The quantitative estimate of drug-likeness (QED) is 0.473. The summed E-state index contributed by atoms with van der Waals surface area (Å²) in [6.45, 7) is 2.58. The molecular formula is C23H17N7O. The van der Waals surface area contributed by atoms with Crippen LogP contribution in [0.3, 0.4) is 0 Å². The number of benzene rings is 2. The van der Waals surface area contributed by atoms with E-state index in [1.54, 1.807) is 6.07 Å². The van der Waals surface area contributed by atoms with E-state index in [0.717, 1.165) is 45.3 Å². The Labute approximate surface area is 177 Å². The van der Waals surface area contributed by atoms with Crippen LogP contribution in [0, 0.1) is 6.92 Å². The summed E-state index contributed by atoms with van der Waals surface area (Å²) in [5.74, 6) is 2.67. The number of hydrogen-bond donors (Lipinski definition) is 1. The van der Waals surface area contributed by atoms with Crippen molar-refractivity contribution in [2.45, 2.75) is 13.5 Å². The molecule has 0 atom stereocenters. The molecule has 0 amide bonds. The van der Waals surface area contributed by atoms with Crippen molar-refractivity contribution in [1.82, 2.24) is 30.1 Å². The van der Waals surface area contributed by atoms with Crippen molar-refractivity contribution in [2.24, 2.45) is 0 Å². The monoisotopic (exact) mass is 407 g/mol. The van der Waals surface area contributed by atoms with Gasteiger partial charge in [-0.2, -0.15) is 0 Å². The summed E-state index contributed by atoms with van der Waals surface area (Å²) in [5, 5.41) is 21.5. The number of hydrogen-bond acceptors (Lipinski definition) is 7. The molecule has 0 spiro atoms. The third-order valence-corrected chi connectivity index (χ3v) is 5.54. The summed E-state index contributed by atoms with van der Waals surface area (Å²) in [6, 6.07) is 19.8. The van der Waals surface area contributed by atoms with E-state index >= 15 is 0 Å². The van der Waals surface area contributed by atoms with Gasteiger partial charge in [-0.15, -0.1) is 20.4 Å². The van der Waals surface area contributed by atoms with Crippen LogP contribution in [0.2, 0.25) is 0 Å². The predicted molar refractivity (Wildman–Crippen MR) is 116 cm³/mol. The van der Waals surface area contributed by atoms with E-state index in [4.69, 9.17) is 10.3 Å². The first-order chi connectivity index (χ1) is 15.2. The Morgan fingerprint density at radius 1 is 0.871 bits per heavy atom. The lowest BCUT2D eigenvalue weighted by Crippen LogP contribution is -1.98. The van der Waals surface area contributed by atoms with Crippen molar-refractivity contribution >= 4 is 5.82 Å². The van der Waals surface area contributed by atoms with E-state index < -0.39 is 0 Å². The summed E-state index contributed by atoms with van der Waals surface area (Å²) in [7, 11) is 0. The van der Waals surface area contributed by atoms with Gasteiger partial charge in [0.1, 0.15) is 17.3 Å². The second kappa shape index (κ2) is 6.60. The number of nitrogen functional groups attached to an aromatic ring is 1. The van der Waals surface area contributed by atoms with Crippen molar-refractivity contribution in [1.29, 1.82) is 0 Å². The summed E-state index contributed by atoms with van der Waals surface area (Å²) in [5.41, 5.74) is 12.2. The maximum atomic E-state index is 5.67. The highest BCUT2D eigenvalue weighted by molar-refractivity contribution is 5.81. The van der Waals surface area contributed by atoms with Crippen LogP contribution in [0.25, 0.3) is 45.3 Å². The fraction of sp³-hybridized carbons (Fsp3) is 0.0870. The SMILES string of the molecule is Cc1onc(-c2ccccc2)c1-c1nnc2n1Cc1ccc(-c3ccc(N)nn3)cc1-2. The van der Waals surface area contributed by atoms with Crippen LogP contribution in [-0.2, 0) is 6.54 Å². The Kier molecular flexibility index (Phi) is 3.73. The lowest BCUT2D eigenvalue weighted by molar-refractivity contribution is 0.400. The van der Waals surface area contributed by atoms with Crippen molar-refractivity contribution in [3.8, 4) is 45.3 Å². The zero-order valence-electron chi connectivity index (χ0n) is 16.6. The normalized spacial score (nSPS) is 12.0. The Balaban J connectivity index is 1.46. The minimum atomic E-state index is 0.396. The van der Waals surface area contributed by atoms with Gasteiger partial charge in [0.15, 0.2) is 11.6 Å². The van der Waals surface area contributed by atoms with Crippen LogP contribution >= 0.6 is 0 Å². The number of anilines is 1. The molecule has 0 saturated heterocycles. The topological polar surface area (TPSA) is 109 Å². The summed E-state index contributed by atoms with van der Waals surface area (Å²) in [4.78, 5) is 0. The maximum Gasteiger partial charge on any atom is 0.170 e. The highest BCUT2D eigenvalue weighted by Gasteiger charge is 2.29.